The Labute approximate surface area is 461 Å². The molecule has 9 atom stereocenters. The molecule has 0 heterocycles. The van der Waals surface area contributed by atoms with Gasteiger partial charge in [0.2, 0.25) is 0 Å². The Bertz CT molecular complexity index is 3540. The first kappa shape index (κ1) is 61.2. The van der Waals surface area contributed by atoms with Gasteiger partial charge in [-0.3, -0.25) is 0 Å². The fraction of sp³-hybridized carbons (Fsp3) is 0.291. The van der Waals surface area contributed by atoms with Crippen molar-refractivity contribution in [3.63, 3.8) is 0 Å². The SMILES string of the molecule is C.N#Cc1cc(F)cc(Oc2ccc3c4c2C(F)[C@@H](F)[C@]4(O)C(F)(F)C3(F)F)c1.N#Cc1cc(F)cc(Oc2ccc3c4c2[C@@H](F)[C@@H](F)[C@]4(O)C(F)(F)C3(F)F)c1.N#Cc1cc(F)cc(Oc2ccc3c4c2[C@H](F)[C@@H](F)[C@]4(O)C(F)(F)C3(F)F)c1. The molecule has 0 spiro atoms. The number of nitrogens with zero attached hydrogens (tertiary/aromatic N) is 3. The van der Waals surface area contributed by atoms with E-state index in [0.717, 1.165) is 54.6 Å². The average molecular weight is 1230 g/mol. The highest BCUT2D eigenvalue weighted by molar-refractivity contribution is 5.65. The Kier molecular flexibility index (Phi) is 13.9. The van der Waals surface area contributed by atoms with Gasteiger partial charge in [0.25, 0.3) is 0 Å². The maximum Gasteiger partial charge on any atom is 0.349 e. The van der Waals surface area contributed by atoms with Crippen LogP contribution in [0.2, 0.25) is 0 Å². The lowest BCUT2D eigenvalue weighted by Crippen LogP contribution is -2.53. The van der Waals surface area contributed by atoms with Gasteiger partial charge in [0, 0.05) is 68.3 Å². The molecular weight excluding hydrogens is 1200 g/mol. The molecule has 30 heteroatoms. The maximum atomic E-state index is 14.5. The Morgan fingerprint density at radius 1 is 0.365 bits per heavy atom. The molecule has 0 aromatic heterocycles. The molecule has 0 bridgehead atoms. The number of nitriles is 3. The number of hydrogen-bond donors (Lipinski definition) is 3. The third-order valence-electron chi connectivity index (χ3n) is 14.9. The van der Waals surface area contributed by atoms with E-state index in [4.69, 9.17) is 30.0 Å². The van der Waals surface area contributed by atoms with E-state index in [1.165, 1.54) is 0 Å². The van der Waals surface area contributed by atoms with Crippen LogP contribution < -0.4 is 14.2 Å². The summed E-state index contributed by atoms with van der Waals surface area (Å²) in [5.74, 6) is -36.6. The third kappa shape index (κ3) is 7.84. The number of rotatable bonds is 6. The van der Waals surface area contributed by atoms with Crippen LogP contribution in [-0.2, 0) is 34.6 Å². The second kappa shape index (κ2) is 19.3. The molecule has 0 aliphatic heterocycles. The van der Waals surface area contributed by atoms with Crippen LogP contribution in [0.1, 0.15) is 92.7 Å². The van der Waals surface area contributed by atoms with Crippen molar-refractivity contribution >= 4 is 0 Å². The zero-order valence-electron chi connectivity index (χ0n) is 40.5. The number of ether oxygens (including phenoxy) is 3. The van der Waals surface area contributed by atoms with E-state index >= 15 is 0 Å². The van der Waals surface area contributed by atoms with Gasteiger partial charge in [-0.15, -0.1) is 0 Å². The molecule has 3 N–H and O–H groups in total. The summed E-state index contributed by atoms with van der Waals surface area (Å²) >= 11 is 0. The smallest absolute Gasteiger partial charge is 0.349 e. The molecular formula is C55H28F21N3O6. The van der Waals surface area contributed by atoms with E-state index < -0.39 is 174 Å². The molecule has 0 amide bonds. The van der Waals surface area contributed by atoms with E-state index in [1.54, 1.807) is 18.2 Å². The number of halogens is 21. The number of alkyl halides is 18. The highest BCUT2D eigenvalue weighted by Crippen LogP contribution is 2.72. The molecule has 9 nitrogen and oxygen atoms in total. The van der Waals surface area contributed by atoms with Crippen LogP contribution in [0.4, 0.5) is 92.2 Å². The fourth-order valence-corrected chi connectivity index (χ4v) is 11.0. The first-order chi connectivity index (χ1) is 38.9. The van der Waals surface area contributed by atoms with E-state index in [9.17, 15) is 108 Å². The van der Waals surface area contributed by atoms with Crippen LogP contribution in [0.25, 0.3) is 0 Å². The Hall–Kier alpha value is -8.40. The van der Waals surface area contributed by atoms with Crippen LogP contribution in [-0.4, -0.2) is 51.6 Å². The lowest BCUT2D eigenvalue weighted by molar-refractivity contribution is -0.302. The molecule has 0 fully saturated rings. The molecule has 6 aromatic carbocycles. The van der Waals surface area contributed by atoms with Gasteiger partial charge in [0.15, 0.2) is 53.8 Å². The van der Waals surface area contributed by atoms with Crippen LogP contribution in [0.5, 0.6) is 34.5 Å². The lowest BCUT2D eigenvalue weighted by atomic mass is 9.93. The summed E-state index contributed by atoms with van der Waals surface area (Å²) in [4.78, 5) is 0. The average Bonchev–Trinajstić information content (AvgIpc) is 1.53. The number of aliphatic hydroxyl groups is 3. The van der Waals surface area contributed by atoms with Gasteiger partial charge < -0.3 is 29.5 Å². The van der Waals surface area contributed by atoms with E-state index in [0.29, 0.717) is 36.4 Å². The van der Waals surface area contributed by atoms with Crippen molar-refractivity contribution in [2.24, 2.45) is 0 Å². The zero-order valence-corrected chi connectivity index (χ0v) is 40.5. The van der Waals surface area contributed by atoms with Gasteiger partial charge in [-0.25, -0.2) is 39.5 Å². The quantitative estimate of drug-likeness (QED) is 0.138. The van der Waals surface area contributed by atoms with E-state index in [1.807, 2.05) is 0 Å². The molecule has 6 aromatic rings. The minimum atomic E-state index is -5.30. The highest BCUT2D eigenvalue weighted by Gasteiger charge is 2.85. The van der Waals surface area contributed by atoms with Crippen molar-refractivity contribution in [3.8, 4) is 52.7 Å². The van der Waals surface area contributed by atoms with Gasteiger partial charge in [-0.05, 0) is 72.8 Å². The summed E-state index contributed by atoms with van der Waals surface area (Å²) < 4.78 is 312. The Balaban J connectivity index is 0.000000152. The molecule has 85 heavy (non-hydrogen) atoms. The van der Waals surface area contributed by atoms with Gasteiger partial charge >= 0.3 is 35.5 Å². The van der Waals surface area contributed by atoms with Crippen molar-refractivity contribution in [2.75, 3.05) is 0 Å². The van der Waals surface area contributed by atoms with Gasteiger partial charge in [-0.2, -0.15) is 68.5 Å². The molecule has 0 saturated heterocycles. The van der Waals surface area contributed by atoms with Crippen molar-refractivity contribution in [1.82, 2.24) is 0 Å². The Morgan fingerprint density at radius 2 is 0.588 bits per heavy atom. The molecule has 6 aliphatic carbocycles. The summed E-state index contributed by atoms with van der Waals surface area (Å²) in [6.07, 6.45) is -18.8. The van der Waals surface area contributed by atoms with Crippen LogP contribution >= 0.6 is 0 Å². The van der Waals surface area contributed by atoms with Crippen molar-refractivity contribution in [3.05, 3.63) is 175 Å². The van der Waals surface area contributed by atoms with Crippen molar-refractivity contribution in [2.45, 2.75) is 96.8 Å². The second-order valence-electron chi connectivity index (χ2n) is 19.5. The summed E-state index contributed by atoms with van der Waals surface area (Å²) in [6, 6.07) is 16.3. The Morgan fingerprint density at radius 3 is 0.800 bits per heavy atom. The molecule has 0 radical (unpaired) electrons. The summed E-state index contributed by atoms with van der Waals surface area (Å²) in [7, 11) is 0. The van der Waals surface area contributed by atoms with E-state index in [-0.39, 0.29) is 41.4 Å². The van der Waals surface area contributed by atoms with E-state index in [2.05, 4.69) is 0 Å². The molecule has 0 saturated carbocycles. The fourth-order valence-electron chi connectivity index (χ4n) is 11.0. The minimum absolute atomic E-state index is 0. The summed E-state index contributed by atoms with van der Waals surface area (Å²) in [5, 5.41) is 56.9. The molecule has 6 aliphatic rings. The minimum Gasteiger partial charge on any atom is -0.457 e. The zero-order chi connectivity index (χ0) is 61.9. The summed E-state index contributed by atoms with van der Waals surface area (Å²) in [6.45, 7) is 0. The largest absolute Gasteiger partial charge is 0.457 e. The first-order valence-electron chi connectivity index (χ1n) is 23.4. The third-order valence-corrected chi connectivity index (χ3v) is 14.9. The topological polar surface area (TPSA) is 160 Å². The first-order valence-corrected chi connectivity index (χ1v) is 23.4. The predicted octanol–water partition coefficient (Wildman–Crippen LogP) is 15.0. The van der Waals surface area contributed by atoms with Crippen LogP contribution in [0.3, 0.4) is 0 Å². The normalized spacial score (nSPS) is 28.3. The standard InChI is InChI=1S/3C18H8F7NO2.CH4/c3*19-8-3-7(6-26)4-9(5-8)28-11-2-1-10-13-12(11)14(20)15(21)16(13,27)18(24,25)17(10,22)23;/h3*1-5,14-15,27H;1H4/t14?,15-,16+;14-,15+,16-;14-,15-,16+;/m101./s1. The van der Waals surface area contributed by atoms with Crippen LogP contribution in [0, 0.1) is 51.4 Å². The second-order valence-corrected chi connectivity index (χ2v) is 19.5. The summed E-state index contributed by atoms with van der Waals surface area (Å²) in [5.41, 5.74) is -23.9. The molecule has 1 unspecified atom stereocenters. The monoisotopic (exact) mass is 1230 g/mol. The predicted molar refractivity (Wildman–Crippen MR) is 244 cm³/mol. The van der Waals surface area contributed by atoms with Crippen molar-refractivity contribution in [1.29, 1.82) is 15.8 Å². The van der Waals surface area contributed by atoms with Crippen molar-refractivity contribution < 1.29 is 122 Å². The molecule has 12 rings (SSSR count). The maximum absolute atomic E-state index is 14.5. The highest BCUT2D eigenvalue weighted by atomic mass is 19.3. The van der Waals surface area contributed by atoms with Gasteiger partial charge in [0.1, 0.15) is 51.9 Å². The number of benzene rings is 6. The lowest BCUT2D eigenvalue weighted by Gasteiger charge is -2.32. The molecule has 446 valence electrons. The number of hydrogen-bond acceptors (Lipinski definition) is 9. The van der Waals surface area contributed by atoms with Gasteiger partial charge in [0.05, 0.1) is 34.9 Å². The van der Waals surface area contributed by atoms with Gasteiger partial charge in [-0.1, -0.05) is 7.43 Å². The van der Waals surface area contributed by atoms with Crippen LogP contribution in [0.15, 0.2) is 91.0 Å².